The molecule has 0 fully saturated rings. The molecule has 100 valence electrons. The fourth-order valence-electron chi connectivity index (χ4n) is 1.52. The van der Waals surface area contributed by atoms with E-state index in [0.717, 1.165) is 0 Å². The number of rotatable bonds is 4. The van der Waals surface area contributed by atoms with Gasteiger partial charge in [0.25, 0.3) is 5.91 Å². The number of anilines is 1. The number of H-pyrrole nitrogens is 1. The predicted molar refractivity (Wildman–Crippen MR) is 71.1 cm³/mol. The van der Waals surface area contributed by atoms with E-state index in [1.165, 1.54) is 12.5 Å². The Hall–Kier alpha value is -2.15. The molecule has 0 aliphatic rings. The first kappa shape index (κ1) is 13.3. The summed E-state index contributed by atoms with van der Waals surface area (Å²) in [4.78, 5) is 20.0. The number of aromatic nitrogens is 4. The van der Waals surface area contributed by atoms with E-state index >= 15 is 0 Å². The van der Waals surface area contributed by atoms with Crippen LogP contribution in [0.1, 0.15) is 29.1 Å². The van der Waals surface area contributed by atoms with Crippen LogP contribution in [0.2, 0.25) is 5.02 Å². The average molecular weight is 281 g/mol. The molecule has 0 saturated carbocycles. The van der Waals surface area contributed by atoms with Gasteiger partial charge in [0.05, 0.1) is 16.6 Å². The van der Waals surface area contributed by atoms with Gasteiger partial charge in [-0.25, -0.2) is 9.97 Å². The molecule has 0 spiro atoms. The number of amides is 1. The highest BCUT2D eigenvalue weighted by Crippen LogP contribution is 2.19. The molecule has 0 bridgehead atoms. The number of hydrogen-bond acceptors (Lipinski definition) is 5. The van der Waals surface area contributed by atoms with Crippen molar-refractivity contribution in [3.8, 4) is 0 Å². The molecule has 7 nitrogen and oxygen atoms in total. The van der Waals surface area contributed by atoms with Crippen molar-refractivity contribution in [2.24, 2.45) is 0 Å². The number of aromatic amines is 1. The van der Waals surface area contributed by atoms with Crippen molar-refractivity contribution in [3.63, 3.8) is 0 Å². The van der Waals surface area contributed by atoms with Crippen molar-refractivity contribution < 1.29 is 4.79 Å². The Morgan fingerprint density at radius 1 is 1.47 bits per heavy atom. The Morgan fingerprint density at radius 3 is 2.84 bits per heavy atom. The zero-order valence-corrected chi connectivity index (χ0v) is 11.2. The van der Waals surface area contributed by atoms with Gasteiger partial charge >= 0.3 is 0 Å². The average Bonchev–Trinajstić information content (AvgIpc) is 2.92. The van der Waals surface area contributed by atoms with E-state index in [4.69, 9.17) is 11.6 Å². The molecule has 0 aliphatic carbocycles. The Labute approximate surface area is 114 Å². The lowest BCUT2D eigenvalue weighted by Crippen LogP contribution is -2.27. The van der Waals surface area contributed by atoms with E-state index in [-0.39, 0.29) is 11.9 Å². The fraction of sp³-hybridized carbons (Fsp3) is 0.273. The first-order valence-corrected chi connectivity index (χ1v) is 5.99. The van der Waals surface area contributed by atoms with Crippen LogP contribution in [0.25, 0.3) is 0 Å². The molecule has 3 N–H and O–H groups in total. The molecule has 19 heavy (non-hydrogen) atoms. The van der Waals surface area contributed by atoms with Crippen LogP contribution in [-0.2, 0) is 0 Å². The van der Waals surface area contributed by atoms with Gasteiger partial charge in [-0.2, -0.15) is 5.10 Å². The van der Waals surface area contributed by atoms with Gasteiger partial charge in [-0.3, -0.25) is 9.89 Å². The van der Waals surface area contributed by atoms with E-state index in [0.29, 0.717) is 22.2 Å². The summed E-state index contributed by atoms with van der Waals surface area (Å²) < 4.78 is 0. The number of nitrogens with one attached hydrogen (secondary N) is 3. The van der Waals surface area contributed by atoms with Crippen molar-refractivity contribution in [1.29, 1.82) is 0 Å². The van der Waals surface area contributed by atoms with Gasteiger partial charge in [-0.15, -0.1) is 0 Å². The molecule has 2 aromatic heterocycles. The van der Waals surface area contributed by atoms with Crippen molar-refractivity contribution in [2.75, 3.05) is 12.4 Å². The molecule has 8 heteroatoms. The van der Waals surface area contributed by atoms with Gasteiger partial charge in [0, 0.05) is 13.2 Å². The third kappa shape index (κ3) is 3.00. The Bertz CT molecular complexity index is 571. The van der Waals surface area contributed by atoms with Gasteiger partial charge in [0.15, 0.2) is 0 Å². The zero-order valence-electron chi connectivity index (χ0n) is 10.4. The van der Waals surface area contributed by atoms with Crippen molar-refractivity contribution in [3.05, 3.63) is 35.0 Å². The second-order valence-electron chi connectivity index (χ2n) is 3.87. The molecular weight excluding hydrogens is 268 g/mol. The maximum Gasteiger partial charge on any atom is 0.253 e. The normalized spacial score (nSPS) is 11.9. The van der Waals surface area contributed by atoms with Crippen LogP contribution in [-0.4, -0.2) is 33.1 Å². The summed E-state index contributed by atoms with van der Waals surface area (Å²) in [7, 11) is 1.71. The van der Waals surface area contributed by atoms with Crippen LogP contribution in [0.5, 0.6) is 0 Å². The van der Waals surface area contributed by atoms with E-state index < -0.39 is 0 Å². The number of halogens is 1. The quantitative estimate of drug-likeness (QED) is 0.786. The maximum absolute atomic E-state index is 12.0. The topological polar surface area (TPSA) is 95.6 Å². The van der Waals surface area contributed by atoms with Crippen molar-refractivity contribution >= 4 is 23.3 Å². The number of pyridine rings is 1. The zero-order chi connectivity index (χ0) is 13.8. The number of carbonyl (C=O) groups is 1. The molecule has 1 unspecified atom stereocenters. The van der Waals surface area contributed by atoms with Gasteiger partial charge in [0.1, 0.15) is 18.0 Å². The van der Waals surface area contributed by atoms with Crippen LogP contribution >= 0.6 is 11.6 Å². The molecular formula is C11H13ClN6O. The van der Waals surface area contributed by atoms with E-state index in [2.05, 4.69) is 30.8 Å². The minimum absolute atomic E-state index is 0.277. The summed E-state index contributed by atoms with van der Waals surface area (Å²) in [6, 6.07) is 1.28. The van der Waals surface area contributed by atoms with Gasteiger partial charge in [0.2, 0.25) is 0 Å². The molecule has 0 aromatic carbocycles. The fourth-order valence-corrected chi connectivity index (χ4v) is 1.78. The summed E-state index contributed by atoms with van der Waals surface area (Å²) in [5, 5.41) is 12.4. The van der Waals surface area contributed by atoms with Gasteiger partial charge in [-0.1, -0.05) is 11.6 Å². The van der Waals surface area contributed by atoms with Gasteiger partial charge < -0.3 is 10.6 Å². The van der Waals surface area contributed by atoms with E-state index in [1.807, 2.05) is 0 Å². The molecule has 2 aromatic rings. The number of hydrogen-bond donors (Lipinski definition) is 3. The SMILES string of the molecule is CNc1ncc(C(=O)NC(C)c2ncn[nH]2)cc1Cl. The smallest absolute Gasteiger partial charge is 0.253 e. The number of carbonyl (C=O) groups excluding carboxylic acids is 1. The lowest BCUT2D eigenvalue weighted by Gasteiger charge is -2.11. The minimum Gasteiger partial charge on any atom is -0.372 e. The van der Waals surface area contributed by atoms with Crippen LogP contribution in [0.15, 0.2) is 18.6 Å². The second-order valence-corrected chi connectivity index (χ2v) is 4.28. The Morgan fingerprint density at radius 2 is 2.26 bits per heavy atom. The van der Waals surface area contributed by atoms with Crippen LogP contribution in [0.3, 0.4) is 0 Å². The molecule has 1 amide bonds. The molecule has 0 radical (unpaired) electrons. The highest BCUT2D eigenvalue weighted by Gasteiger charge is 2.14. The summed E-state index contributed by atoms with van der Waals surface area (Å²) >= 11 is 5.98. The van der Waals surface area contributed by atoms with Crippen LogP contribution in [0, 0.1) is 0 Å². The van der Waals surface area contributed by atoms with Crippen LogP contribution in [0.4, 0.5) is 5.82 Å². The highest BCUT2D eigenvalue weighted by atomic mass is 35.5. The lowest BCUT2D eigenvalue weighted by atomic mass is 10.2. The standard InChI is InChI=1S/C11H13ClN6O/c1-6(9-15-5-16-18-9)17-11(19)7-3-8(12)10(13-2)14-4-7/h3-6H,1-2H3,(H,13,14)(H,17,19)(H,15,16,18). The lowest BCUT2D eigenvalue weighted by molar-refractivity contribution is 0.0938. The third-order valence-electron chi connectivity index (χ3n) is 2.53. The van der Waals surface area contributed by atoms with Crippen LogP contribution < -0.4 is 10.6 Å². The monoisotopic (exact) mass is 280 g/mol. The molecule has 2 rings (SSSR count). The molecule has 0 aliphatic heterocycles. The molecule has 0 saturated heterocycles. The minimum atomic E-state index is -0.280. The third-order valence-corrected chi connectivity index (χ3v) is 2.82. The first-order chi connectivity index (χ1) is 9.11. The summed E-state index contributed by atoms with van der Waals surface area (Å²) in [5.41, 5.74) is 0.385. The first-order valence-electron chi connectivity index (χ1n) is 5.61. The highest BCUT2D eigenvalue weighted by molar-refractivity contribution is 6.33. The maximum atomic E-state index is 12.0. The molecule has 1 atom stereocenters. The largest absolute Gasteiger partial charge is 0.372 e. The second kappa shape index (κ2) is 5.66. The van der Waals surface area contributed by atoms with E-state index in [1.54, 1.807) is 20.0 Å². The van der Waals surface area contributed by atoms with Crippen molar-refractivity contribution in [2.45, 2.75) is 13.0 Å². The Kier molecular flexibility index (Phi) is 3.96. The summed E-state index contributed by atoms with van der Waals surface area (Å²) in [6.07, 6.45) is 2.85. The summed E-state index contributed by atoms with van der Waals surface area (Å²) in [6.45, 7) is 1.80. The van der Waals surface area contributed by atoms with E-state index in [9.17, 15) is 4.79 Å². The van der Waals surface area contributed by atoms with Gasteiger partial charge in [-0.05, 0) is 13.0 Å². The summed E-state index contributed by atoms with van der Waals surface area (Å²) in [5.74, 6) is 0.835. The molecule has 2 heterocycles. The predicted octanol–water partition coefficient (Wildman–Crippen LogP) is 1.39. The van der Waals surface area contributed by atoms with Crippen molar-refractivity contribution in [1.82, 2.24) is 25.5 Å². The number of nitrogens with zero attached hydrogens (tertiary/aromatic N) is 3. The Balaban J connectivity index is 2.10.